The number of thioether (sulfide) groups is 1. The number of phenols is 1. The van der Waals surface area contributed by atoms with Crippen LogP contribution in [0.1, 0.15) is 5.56 Å². The van der Waals surface area contributed by atoms with E-state index in [1.165, 1.54) is 36.4 Å². The maximum Gasteiger partial charge on any atom is 0.294 e. The lowest BCUT2D eigenvalue weighted by Gasteiger charge is -2.12. The van der Waals surface area contributed by atoms with E-state index in [1.54, 1.807) is 0 Å². The van der Waals surface area contributed by atoms with E-state index in [-0.39, 0.29) is 26.4 Å². The number of halogens is 3. The van der Waals surface area contributed by atoms with Crippen molar-refractivity contribution in [1.29, 1.82) is 0 Å². The molecule has 2 aromatic rings. The molecule has 2 N–H and O–H groups in total. The second kappa shape index (κ2) is 8.22. The monoisotopic (exact) mass is 440 g/mol. The first kappa shape index (κ1) is 20.2. The van der Waals surface area contributed by atoms with Crippen molar-refractivity contribution in [2.24, 2.45) is 0 Å². The van der Waals surface area contributed by atoms with E-state index in [4.69, 9.17) is 23.2 Å². The topological polar surface area (TPSA) is 86.7 Å². The highest BCUT2D eigenvalue weighted by Crippen LogP contribution is 2.33. The van der Waals surface area contributed by atoms with Crippen molar-refractivity contribution in [3.8, 4) is 5.75 Å². The summed E-state index contributed by atoms with van der Waals surface area (Å²) in [5.41, 5.74) is 0.747. The summed E-state index contributed by atoms with van der Waals surface area (Å²) in [7, 11) is 0. The quantitative estimate of drug-likeness (QED) is 0.682. The molecule has 3 amide bonds. The molecule has 0 aliphatic carbocycles. The van der Waals surface area contributed by atoms with E-state index < -0.39 is 29.4 Å². The van der Waals surface area contributed by atoms with Crippen molar-refractivity contribution >= 4 is 63.8 Å². The molecule has 0 spiro atoms. The molecule has 3 rings (SSSR count). The first-order valence-corrected chi connectivity index (χ1v) is 9.30. The van der Waals surface area contributed by atoms with Gasteiger partial charge in [0.25, 0.3) is 11.1 Å². The van der Waals surface area contributed by atoms with Crippen molar-refractivity contribution in [3.63, 3.8) is 0 Å². The highest BCUT2D eigenvalue weighted by atomic mass is 35.5. The maximum atomic E-state index is 13.2. The van der Waals surface area contributed by atoms with Gasteiger partial charge in [-0.1, -0.05) is 29.3 Å². The summed E-state index contributed by atoms with van der Waals surface area (Å²) >= 11 is 12.2. The standard InChI is InChI=1S/C18H11Cl2FN2O4S/c19-11-7-10(2-3-13(11)21)22-16(25)8-23-17(26)15(28-18(23)27)6-9-1-4-14(24)12(20)5-9/h1-7,24H,8H2,(H,22,25)/b15-6+. The van der Waals surface area contributed by atoms with Gasteiger partial charge in [0.15, 0.2) is 0 Å². The van der Waals surface area contributed by atoms with Crippen LogP contribution in [0, 0.1) is 5.82 Å². The van der Waals surface area contributed by atoms with Crippen LogP contribution in [0.15, 0.2) is 41.3 Å². The molecular formula is C18H11Cl2FN2O4S. The molecule has 1 saturated heterocycles. The zero-order chi connectivity index (χ0) is 20.4. The van der Waals surface area contributed by atoms with Gasteiger partial charge in [0.2, 0.25) is 5.91 Å². The van der Waals surface area contributed by atoms with Crippen LogP contribution in [0.3, 0.4) is 0 Å². The molecule has 28 heavy (non-hydrogen) atoms. The van der Waals surface area contributed by atoms with Crippen molar-refractivity contribution in [2.45, 2.75) is 0 Å². The summed E-state index contributed by atoms with van der Waals surface area (Å²) in [4.78, 5) is 37.6. The molecule has 1 heterocycles. The molecule has 0 bridgehead atoms. The third-order valence-electron chi connectivity index (χ3n) is 3.65. The second-order valence-corrected chi connectivity index (χ2v) is 7.46. The fraction of sp³-hybridized carbons (Fsp3) is 0.0556. The first-order chi connectivity index (χ1) is 13.2. The van der Waals surface area contributed by atoms with Crippen LogP contribution in [-0.2, 0) is 9.59 Å². The van der Waals surface area contributed by atoms with Gasteiger partial charge >= 0.3 is 0 Å². The van der Waals surface area contributed by atoms with Gasteiger partial charge in [-0.15, -0.1) is 0 Å². The van der Waals surface area contributed by atoms with Crippen LogP contribution >= 0.6 is 35.0 Å². The lowest BCUT2D eigenvalue weighted by Crippen LogP contribution is -2.36. The van der Waals surface area contributed by atoms with Crippen molar-refractivity contribution in [1.82, 2.24) is 4.90 Å². The molecule has 1 aliphatic rings. The molecule has 0 unspecified atom stereocenters. The Morgan fingerprint density at radius 3 is 2.61 bits per heavy atom. The summed E-state index contributed by atoms with van der Waals surface area (Å²) in [6.45, 7) is -0.507. The molecule has 2 aromatic carbocycles. The number of hydrogen-bond acceptors (Lipinski definition) is 5. The molecule has 0 saturated carbocycles. The molecule has 0 atom stereocenters. The number of anilines is 1. The summed E-state index contributed by atoms with van der Waals surface area (Å²) in [5, 5.41) is 11.2. The number of carbonyl (C=O) groups is 3. The fourth-order valence-electron chi connectivity index (χ4n) is 2.32. The van der Waals surface area contributed by atoms with Gasteiger partial charge in [0.05, 0.1) is 15.0 Å². The Morgan fingerprint density at radius 1 is 1.18 bits per heavy atom. The molecule has 1 aliphatic heterocycles. The minimum atomic E-state index is -0.640. The van der Waals surface area contributed by atoms with Gasteiger partial charge < -0.3 is 10.4 Å². The predicted octanol–water partition coefficient (Wildman–Crippen LogP) is 4.51. The zero-order valence-corrected chi connectivity index (χ0v) is 16.2. The highest BCUT2D eigenvalue weighted by molar-refractivity contribution is 8.18. The van der Waals surface area contributed by atoms with E-state index >= 15 is 0 Å². The summed E-state index contributed by atoms with van der Waals surface area (Å²) in [6, 6.07) is 7.94. The minimum Gasteiger partial charge on any atom is -0.506 e. The van der Waals surface area contributed by atoms with Crippen molar-refractivity contribution in [2.75, 3.05) is 11.9 Å². The number of nitrogens with zero attached hydrogens (tertiary/aromatic N) is 1. The second-order valence-electron chi connectivity index (χ2n) is 5.66. The normalized spacial score (nSPS) is 15.4. The van der Waals surface area contributed by atoms with Gasteiger partial charge in [-0.25, -0.2) is 4.39 Å². The van der Waals surface area contributed by atoms with Crippen molar-refractivity contribution in [3.05, 3.63) is 62.7 Å². The van der Waals surface area contributed by atoms with E-state index in [9.17, 15) is 23.9 Å². The number of benzene rings is 2. The third-order valence-corrected chi connectivity index (χ3v) is 5.15. The van der Waals surface area contributed by atoms with E-state index in [1.807, 2.05) is 0 Å². The molecule has 10 heteroatoms. The number of aromatic hydroxyl groups is 1. The Bertz CT molecular complexity index is 1030. The molecule has 6 nitrogen and oxygen atoms in total. The number of amides is 3. The van der Waals surface area contributed by atoms with E-state index in [0.29, 0.717) is 17.3 Å². The van der Waals surface area contributed by atoms with Gasteiger partial charge in [0, 0.05) is 5.69 Å². The third kappa shape index (κ3) is 4.46. The van der Waals surface area contributed by atoms with Gasteiger partial charge in [-0.05, 0) is 53.7 Å². The molecule has 1 fully saturated rings. The average Bonchev–Trinajstić information content (AvgIpc) is 2.89. The van der Waals surface area contributed by atoms with Gasteiger partial charge in [-0.3, -0.25) is 19.3 Å². The number of nitrogens with one attached hydrogen (secondary N) is 1. The van der Waals surface area contributed by atoms with Crippen LogP contribution in [0.2, 0.25) is 10.0 Å². The Balaban J connectivity index is 1.70. The summed E-state index contributed by atoms with van der Waals surface area (Å²) in [5.74, 6) is -2.01. The Morgan fingerprint density at radius 2 is 1.93 bits per heavy atom. The molecule has 0 radical (unpaired) electrons. The number of hydrogen-bond donors (Lipinski definition) is 2. The Hall–Kier alpha value is -2.55. The van der Waals surface area contributed by atoms with Gasteiger partial charge in [-0.2, -0.15) is 0 Å². The first-order valence-electron chi connectivity index (χ1n) is 7.73. The number of phenolic OH excluding ortho intramolecular Hbond substituents is 1. The van der Waals surface area contributed by atoms with Crippen LogP contribution in [0.5, 0.6) is 5.75 Å². The van der Waals surface area contributed by atoms with Crippen LogP contribution in [-0.4, -0.2) is 33.6 Å². The lowest BCUT2D eigenvalue weighted by molar-refractivity contribution is -0.127. The Labute approximate surface area is 172 Å². The largest absolute Gasteiger partial charge is 0.506 e. The Kier molecular flexibility index (Phi) is 5.93. The maximum absolute atomic E-state index is 13.2. The molecule has 0 aromatic heterocycles. The van der Waals surface area contributed by atoms with Crippen LogP contribution in [0.25, 0.3) is 6.08 Å². The molecule has 144 valence electrons. The molecular weight excluding hydrogens is 430 g/mol. The van der Waals surface area contributed by atoms with Crippen molar-refractivity contribution < 1.29 is 23.9 Å². The summed E-state index contributed by atoms with van der Waals surface area (Å²) < 4.78 is 13.2. The van der Waals surface area contributed by atoms with Crippen LogP contribution < -0.4 is 5.32 Å². The smallest absolute Gasteiger partial charge is 0.294 e. The fourth-order valence-corrected chi connectivity index (χ4v) is 3.53. The van der Waals surface area contributed by atoms with Crippen LogP contribution in [0.4, 0.5) is 14.9 Å². The van der Waals surface area contributed by atoms with E-state index in [2.05, 4.69) is 5.32 Å². The minimum absolute atomic E-state index is 0.102. The number of carbonyl (C=O) groups excluding carboxylic acids is 3. The predicted molar refractivity (Wildman–Crippen MR) is 106 cm³/mol. The zero-order valence-electron chi connectivity index (χ0n) is 13.9. The average molecular weight is 441 g/mol. The SMILES string of the molecule is O=C(CN1C(=O)S/C(=C/c2ccc(O)c(Cl)c2)C1=O)Nc1ccc(F)c(Cl)c1. The highest BCUT2D eigenvalue weighted by Gasteiger charge is 2.36. The summed E-state index contributed by atoms with van der Waals surface area (Å²) in [6.07, 6.45) is 1.44. The number of imide groups is 1. The lowest BCUT2D eigenvalue weighted by atomic mass is 10.2. The number of rotatable bonds is 4. The van der Waals surface area contributed by atoms with E-state index in [0.717, 1.165) is 11.0 Å². The van der Waals surface area contributed by atoms with Gasteiger partial charge in [0.1, 0.15) is 18.1 Å².